The number of aromatic nitrogens is 2. The second-order valence-electron chi connectivity index (χ2n) is 3.92. The van der Waals surface area contributed by atoms with Crippen LogP contribution in [0.1, 0.15) is 13.8 Å². The molecule has 1 unspecified atom stereocenters. The van der Waals surface area contributed by atoms with Gasteiger partial charge in [-0.15, -0.1) is 0 Å². The maximum Gasteiger partial charge on any atom is 0.146 e. The molecule has 0 bridgehead atoms. The molecule has 1 aromatic heterocycles. The lowest BCUT2D eigenvalue weighted by atomic mass is 10.1. The van der Waals surface area contributed by atoms with Gasteiger partial charge in [-0.05, 0) is 29.8 Å². The Morgan fingerprint density at radius 2 is 1.94 bits per heavy atom. The third-order valence-corrected chi connectivity index (χ3v) is 2.86. The molecule has 4 N–H and O–H groups in total. The van der Waals surface area contributed by atoms with Crippen molar-refractivity contribution in [1.82, 2.24) is 9.97 Å². The topological polar surface area (TPSA) is 90.3 Å². The van der Waals surface area contributed by atoms with Crippen LogP contribution >= 0.6 is 15.9 Å². The highest BCUT2D eigenvalue weighted by atomic mass is 79.9. The fourth-order valence-electron chi connectivity index (χ4n) is 1.11. The summed E-state index contributed by atoms with van der Waals surface area (Å²) in [5.74, 6) is 1.26. The molecule has 0 saturated heterocycles. The minimum Gasteiger partial charge on any atom is -0.393 e. The second-order valence-corrected chi connectivity index (χ2v) is 4.72. The minimum absolute atomic E-state index is 0.199. The van der Waals surface area contributed by atoms with Crippen LogP contribution in [0.25, 0.3) is 0 Å². The van der Waals surface area contributed by atoms with Crippen molar-refractivity contribution in [2.75, 3.05) is 30.3 Å². The summed E-state index contributed by atoms with van der Waals surface area (Å²) < 4.78 is 0.704. The highest BCUT2D eigenvalue weighted by Gasteiger charge is 2.19. The molecule has 0 aliphatic rings. The third-order valence-electron chi connectivity index (χ3n) is 2.11. The maximum atomic E-state index is 9.66. The lowest BCUT2D eigenvalue weighted by molar-refractivity contribution is 0.0131. The third kappa shape index (κ3) is 4.10. The van der Waals surface area contributed by atoms with Gasteiger partial charge in [-0.2, -0.15) is 0 Å². The molecule has 0 aromatic carbocycles. The zero-order chi connectivity index (χ0) is 12.9. The maximum absolute atomic E-state index is 9.66. The zero-order valence-electron chi connectivity index (χ0n) is 9.87. The van der Waals surface area contributed by atoms with E-state index < -0.39 is 5.60 Å². The highest BCUT2D eigenvalue weighted by Crippen LogP contribution is 2.26. The molecule has 1 rings (SSSR count). The predicted molar refractivity (Wildman–Crippen MR) is 70.1 cm³/mol. The molecule has 96 valence electrons. The van der Waals surface area contributed by atoms with E-state index in [9.17, 15) is 5.11 Å². The average Bonchev–Trinajstić information content (AvgIpc) is 2.31. The van der Waals surface area contributed by atoms with Crippen LogP contribution in [0.5, 0.6) is 0 Å². The van der Waals surface area contributed by atoms with Crippen molar-refractivity contribution in [2.45, 2.75) is 19.4 Å². The summed E-state index contributed by atoms with van der Waals surface area (Å²) in [6.45, 7) is 4.15. The summed E-state index contributed by atoms with van der Waals surface area (Å²) in [6.07, 6.45) is 1.43. The van der Waals surface area contributed by atoms with E-state index in [1.54, 1.807) is 6.92 Å². The first-order valence-corrected chi connectivity index (χ1v) is 6.11. The first-order valence-electron chi connectivity index (χ1n) is 5.31. The molecular weight excluding hydrogens is 288 g/mol. The molecule has 0 aliphatic carbocycles. The van der Waals surface area contributed by atoms with Gasteiger partial charge < -0.3 is 20.8 Å². The summed E-state index contributed by atoms with van der Waals surface area (Å²) in [5.41, 5.74) is -1.18. The van der Waals surface area contributed by atoms with Crippen LogP contribution in [0.3, 0.4) is 0 Å². The molecule has 0 amide bonds. The smallest absolute Gasteiger partial charge is 0.146 e. The number of halogens is 1. The van der Waals surface area contributed by atoms with E-state index in [0.717, 1.165) is 6.54 Å². The van der Waals surface area contributed by atoms with Crippen LogP contribution < -0.4 is 10.6 Å². The minimum atomic E-state index is -1.18. The molecule has 17 heavy (non-hydrogen) atoms. The van der Waals surface area contributed by atoms with Gasteiger partial charge in [-0.1, -0.05) is 0 Å². The monoisotopic (exact) mass is 304 g/mol. The predicted octanol–water partition coefficient (Wildman–Crippen LogP) is 0.826. The molecular formula is C10H17BrN4O2. The van der Waals surface area contributed by atoms with E-state index in [2.05, 4.69) is 36.5 Å². The van der Waals surface area contributed by atoms with Crippen molar-refractivity contribution in [3.63, 3.8) is 0 Å². The van der Waals surface area contributed by atoms with E-state index >= 15 is 0 Å². The molecule has 0 spiro atoms. The van der Waals surface area contributed by atoms with E-state index in [0.29, 0.717) is 16.1 Å². The summed E-state index contributed by atoms with van der Waals surface area (Å²) in [6, 6.07) is 0. The van der Waals surface area contributed by atoms with Crippen molar-refractivity contribution >= 4 is 27.6 Å². The fourth-order valence-corrected chi connectivity index (χ4v) is 1.60. The molecule has 1 atom stereocenters. The van der Waals surface area contributed by atoms with Gasteiger partial charge in [0.2, 0.25) is 0 Å². The Bertz CT molecular complexity index is 373. The highest BCUT2D eigenvalue weighted by molar-refractivity contribution is 9.10. The van der Waals surface area contributed by atoms with E-state index in [1.807, 2.05) is 6.92 Å². The number of aliphatic hydroxyl groups excluding tert-OH is 1. The van der Waals surface area contributed by atoms with Gasteiger partial charge in [0.1, 0.15) is 28.0 Å². The number of nitrogens with one attached hydrogen (secondary N) is 2. The van der Waals surface area contributed by atoms with Gasteiger partial charge >= 0.3 is 0 Å². The van der Waals surface area contributed by atoms with Crippen LogP contribution in [-0.4, -0.2) is 45.5 Å². The van der Waals surface area contributed by atoms with Gasteiger partial charge in [-0.25, -0.2) is 9.97 Å². The molecule has 0 saturated carbocycles. The Hall–Kier alpha value is -0.920. The number of nitrogens with zero attached hydrogens (tertiary/aromatic N) is 2. The quantitative estimate of drug-likeness (QED) is 0.622. The van der Waals surface area contributed by atoms with Crippen molar-refractivity contribution < 1.29 is 10.2 Å². The summed E-state index contributed by atoms with van der Waals surface area (Å²) in [5, 5.41) is 24.6. The van der Waals surface area contributed by atoms with Crippen LogP contribution in [0, 0.1) is 0 Å². The molecule has 0 radical (unpaired) electrons. The largest absolute Gasteiger partial charge is 0.393 e. The Labute approximate surface area is 109 Å². The number of hydrogen-bond acceptors (Lipinski definition) is 6. The van der Waals surface area contributed by atoms with Crippen LogP contribution in [0.4, 0.5) is 11.6 Å². The van der Waals surface area contributed by atoms with Gasteiger partial charge in [0.05, 0.1) is 6.61 Å². The Morgan fingerprint density at radius 1 is 1.35 bits per heavy atom. The number of aliphatic hydroxyl groups is 2. The van der Waals surface area contributed by atoms with Gasteiger partial charge in [0, 0.05) is 13.1 Å². The lowest BCUT2D eigenvalue weighted by Gasteiger charge is -2.21. The lowest BCUT2D eigenvalue weighted by Crippen LogP contribution is -2.37. The number of rotatable bonds is 6. The number of anilines is 2. The van der Waals surface area contributed by atoms with Crippen molar-refractivity contribution in [3.8, 4) is 0 Å². The molecule has 0 fully saturated rings. The van der Waals surface area contributed by atoms with Gasteiger partial charge in [-0.3, -0.25) is 0 Å². The normalized spacial score (nSPS) is 14.2. The van der Waals surface area contributed by atoms with E-state index in [4.69, 9.17) is 5.11 Å². The number of hydrogen-bond donors (Lipinski definition) is 4. The SMILES string of the molecule is CCNc1ncnc(NCC(C)(O)CO)c1Br. The van der Waals surface area contributed by atoms with Crippen LogP contribution in [-0.2, 0) is 0 Å². The molecule has 0 aliphatic heterocycles. The standard InChI is InChI=1S/C10H17BrN4O2/c1-3-12-8-7(11)9(15-6-14-8)13-4-10(2,17)5-16/h6,16-17H,3-5H2,1-2H3,(H2,12,13,14,15). The Balaban J connectivity index is 2.75. The first kappa shape index (κ1) is 14.1. The average molecular weight is 305 g/mol. The molecule has 6 nitrogen and oxygen atoms in total. The van der Waals surface area contributed by atoms with E-state index in [1.165, 1.54) is 6.33 Å². The van der Waals surface area contributed by atoms with Gasteiger partial charge in [0.25, 0.3) is 0 Å². The van der Waals surface area contributed by atoms with Crippen molar-refractivity contribution in [2.24, 2.45) is 0 Å². The molecule has 7 heteroatoms. The van der Waals surface area contributed by atoms with Crippen LogP contribution in [0.15, 0.2) is 10.8 Å². The fraction of sp³-hybridized carbons (Fsp3) is 0.600. The van der Waals surface area contributed by atoms with E-state index in [-0.39, 0.29) is 13.2 Å². The molecule has 1 aromatic rings. The second kappa shape index (κ2) is 6.13. The Morgan fingerprint density at radius 3 is 2.47 bits per heavy atom. The van der Waals surface area contributed by atoms with Gasteiger partial charge in [0.15, 0.2) is 0 Å². The first-order chi connectivity index (χ1) is 8.00. The van der Waals surface area contributed by atoms with Crippen molar-refractivity contribution in [1.29, 1.82) is 0 Å². The Kier molecular flexibility index (Phi) is 5.10. The zero-order valence-corrected chi connectivity index (χ0v) is 11.5. The molecule has 1 heterocycles. The summed E-state index contributed by atoms with van der Waals surface area (Å²) in [4.78, 5) is 8.13. The van der Waals surface area contributed by atoms with Crippen LogP contribution in [0.2, 0.25) is 0 Å². The van der Waals surface area contributed by atoms with Crippen molar-refractivity contribution in [3.05, 3.63) is 10.8 Å². The summed E-state index contributed by atoms with van der Waals surface area (Å²) >= 11 is 3.38. The summed E-state index contributed by atoms with van der Waals surface area (Å²) in [7, 11) is 0.